The van der Waals surface area contributed by atoms with Gasteiger partial charge in [0.2, 0.25) is 0 Å². The summed E-state index contributed by atoms with van der Waals surface area (Å²) in [5.74, 6) is 0.369. The second-order valence-electron chi connectivity index (χ2n) is 6.38. The van der Waals surface area contributed by atoms with Crippen molar-refractivity contribution in [3.05, 3.63) is 45.9 Å². The maximum Gasteiger partial charge on any atom is 0.438 e. The Hall–Kier alpha value is -2.64. The number of benzene rings is 1. The standard InChI is InChI=1S/C16H21N5O3/c1-11-7-6-10-14(12(11)2)17-15-16(21(23)24)18-19(20(15)22)13-8-4-3-5-9-13/h3-5,8-9,11-12,14,22H,6-7,10H2,1-2H3/t11-,12+,14-/m0/s1. The van der Waals surface area contributed by atoms with Crippen molar-refractivity contribution >= 4 is 5.82 Å². The highest BCUT2D eigenvalue weighted by molar-refractivity contribution is 5.29. The Morgan fingerprint density at radius 1 is 1.29 bits per heavy atom. The van der Waals surface area contributed by atoms with Crippen molar-refractivity contribution in [2.45, 2.75) is 39.2 Å². The van der Waals surface area contributed by atoms with Gasteiger partial charge in [0.25, 0.3) is 5.49 Å². The first kappa shape index (κ1) is 16.2. The molecule has 0 radical (unpaired) electrons. The summed E-state index contributed by atoms with van der Waals surface area (Å²) in [6.45, 7) is 4.27. The normalized spacial score (nSPS) is 24.9. The first-order valence-corrected chi connectivity index (χ1v) is 8.14. The van der Waals surface area contributed by atoms with E-state index in [4.69, 9.17) is 0 Å². The van der Waals surface area contributed by atoms with Crippen molar-refractivity contribution in [1.82, 2.24) is 14.7 Å². The highest BCUT2D eigenvalue weighted by atomic mass is 16.6. The first-order valence-electron chi connectivity index (χ1n) is 8.14. The third-order valence-electron chi connectivity index (χ3n) is 4.87. The summed E-state index contributed by atoms with van der Waals surface area (Å²) in [4.78, 5) is 17.0. The number of rotatable bonds is 3. The van der Waals surface area contributed by atoms with Gasteiger partial charge in [-0.15, -0.1) is 0 Å². The van der Waals surface area contributed by atoms with Crippen LogP contribution in [0.25, 0.3) is 5.69 Å². The smallest absolute Gasteiger partial charge is 0.409 e. The number of nitrogens with zero attached hydrogens (tertiary/aromatic N) is 5. The predicted molar refractivity (Wildman–Crippen MR) is 86.9 cm³/mol. The Kier molecular flexibility index (Phi) is 4.37. The molecule has 0 amide bonds. The van der Waals surface area contributed by atoms with E-state index in [0.29, 0.717) is 22.4 Å². The molecule has 1 saturated carbocycles. The molecule has 0 aliphatic heterocycles. The average Bonchev–Trinajstić information content (AvgIpc) is 2.90. The van der Waals surface area contributed by atoms with E-state index >= 15 is 0 Å². The van der Waals surface area contributed by atoms with E-state index in [0.717, 1.165) is 24.1 Å². The molecule has 3 atom stereocenters. The van der Waals surface area contributed by atoms with Crippen LogP contribution in [0.1, 0.15) is 33.1 Å². The minimum absolute atomic E-state index is 0.0562. The maximum atomic E-state index is 11.4. The van der Waals surface area contributed by atoms with Crippen LogP contribution in [-0.4, -0.2) is 30.9 Å². The molecule has 1 fully saturated rings. The van der Waals surface area contributed by atoms with E-state index < -0.39 is 10.7 Å². The molecule has 2 aromatic rings. The molecule has 0 saturated heterocycles. The molecule has 1 aliphatic carbocycles. The molecule has 3 rings (SSSR count). The summed E-state index contributed by atoms with van der Waals surface area (Å²) < 4.78 is 0. The molecule has 1 heterocycles. The number of para-hydroxylation sites is 1. The molecule has 0 unspecified atom stereocenters. The molecule has 8 nitrogen and oxygen atoms in total. The maximum absolute atomic E-state index is 11.4. The highest BCUT2D eigenvalue weighted by Crippen LogP contribution is 2.31. The minimum Gasteiger partial charge on any atom is -0.409 e. The molecule has 1 aromatic heterocycles. The Bertz CT molecular complexity index is 796. The fourth-order valence-electron chi connectivity index (χ4n) is 3.21. The van der Waals surface area contributed by atoms with E-state index in [-0.39, 0.29) is 11.5 Å². The number of hydrogen-bond acceptors (Lipinski definition) is 5. The van der Waals surface area contributed by atoms with Gasteiger partial charge in [0, 0.05) is 0 Å². The second-order valence-corrected chi connectivity index (χ2v) is 6.38. The monoisotopic (exact) mass is 331 g/mol. The summed E-state index contributed by atoms with van der Waals surface area (Å²) in [5.41, 5.74) is 0.421. The average molecular weight is 331 g/mol. The van der Waals surface area contributed by atoms with Crippen LogP contribution in [0.5, 0.6) is 0 Å². The van der Waals surface area contributed by atoms with E-state index in [1.807, 2.05) is 6.07 Å². The molecule has 128 valence electrons. The SMILES string of the molecule is C[C@H]1[C@@H](N=c2c([N+](=O)[O-])nn(-c3ccccc3)n2O)CCC[C@@H]1C. The zero-order chi connectivity index (χ0) is 17.3. The van der Waals surface area contributed by atoms with Gasteiger partial charge < -0.3 is 15.3 Å². The van der Waals surface area contributed by atoms with E-state index in [1.165, 1.54) is 0 Å². The van der Waals surface area contributed by atoms with Crippen LogP contribution in [0.2, 0.25) is 0 Å². The quantitative estimate of drug-likeness (QED) is 0.531. The number of aromatic nitrogens is 3. The molecule has 1 N–H and O–H groups in total. The van der Waals surface area contributed by atoms with Crippen molar-refractivity contribution in [1.29, 1.82) is 0 Å². The van der Waals surface area contributed by atoms with Crippen LogP contribution in [-0.2, 0) is 0 Å². The summed E-state index contributed by atoms with van der Waals surface area (Å²) in [5, 5.41) is 25.7. The summed E-state index contributed by atoms with van der Waals surface area (Å²) >= 11 is 0. The highest BCUT2D eigenvalue weighted by Gasteiger charge is 2.30. The third kappa shape index (κ3) is 2.91. The number of nitro groups is 1. The Labute approximate surface area is 139 Å². The summed E-state index contributed by atoms with van der Waals surface area (Å²) in [6.07, 6.45) is 3.03. The third-order valence-corrected chi connectivity index (χ3v) is 4.87. The lowest BCUT2D eigenvalue weighted by molar-refractivity contribution is -0.391. The van der Waals surface area contributed by atoms with E-state index in [9.17, 15) is 15.3 Å². The minimum atomic E-state index is -0.609. The van der Waals surface area contributed by atoms with Crippen LogP contribution in [0.4, 0.5) is 5.82 Å². The molecule has 0 bridgehead atoms. The van der Waals surface area contributed by atoms with Gasteiger partial charge in [0.15, 0.2) is 0 Å². The number of hydrogen-bond donors (Lipinski definition) is 1. The van der Waals surface area contributed by atoms with Crippen molar-refractivity contribution < 1.29 is 10.1 Å². The van der Waals surface area contributed by atoms with Crippen molar-refractivity contribution in [2.24, 2.45) is 16.8 Å². The van der Waals surface area contributed by atoms with Crippen LogP contribution >= 0.6 is 0 Å². The second kappa shape index (κ2) is 6.46. The lowest BCUT2D eigenvalue weighted by Gasteiger charge is -2.31. The van der Waals surface area contributed by atoms with Gasteiger partial charge in [-0.1, -0.05) is 49.7 Å². The van der Waals surface area contributed by atoms with E-state index in [2.05, 4.69) is 23.9 Å². The molecule has 8 heteroatoms. The predicted octanol–water partition coefficient (Wildman–Crippen LogP) is 2.54. The summed E-state index contributed by atoms with van der Waals surface area (Å²) in [6, 6.07) is 8.71. The lowest BCUT2D eigenvalue weighted by atomic mass is 9.78. The van der Waals surface area contributed by atoms with Crippen molar-refractivity contribution in [3.63, 3.8) is 0 Å². The van der Waals surface area contributed by atoms with Crippen LogP contribution < -0.4 is 5.49 Å². The Balaban J connectivity index is 2.11. The van der Waals surface area contributed by atoms with Gasteiger partial charge in [-0.2, -0.15) is 0 Å². The van der Waals surface area contributed by atoms with Crippen LogP contribution in [0.15, 0.2) is 35.3 Å². The van der Waals surface area contributed by atoms with Gasteiger partial charge in [0.05, 0.1) is 11.1 Å². The first-order chi connectivity index (χ1) is 11.5. The Morgan fingerprint density at radius 2 is 2.00 bits per heavy atom. The largest absolute Gasteiger partial charge is 0.438 e. The van der Waals surface area contributed by atoms with Gasteiger partial charge in [0.1, 0.15) is 5.69 Å². The van der Waals surface area contributed by atoms with Crippen LogP contribution in [0, 0.1) is 22.0 Å². The van der Waals surface area contributed by atoms with Crippen molar-refractivity contribution in [2.75, 3.05) is 0 Å². The van der Waals surface area contributed by atoms with Crippen LogP contribution in [0.3, 0.4) is 0 Å². The molecule has 1 aliphatic rings. The molecular weight excluding hydrogens is 310 g/mol. The molecule has 24 heavy (non-hydrogen) atoms. The lowest BCUT2D eigenvalue weighted by Crippen LogP contribution is -2.32. The van der Waals surface area contributed by atoms with Gasteiger partial charge in [-0.3, -0.25) is 4.99 Å². The Morgan fingerprint density at radius 3 is 2.67 bits per heavy atom. The molecule has 1 aromatic carbocycles. The van der Waals surface area contributed by atoms with E-state index in [1.54, 1.807) is 24.3 Å². The molecule has 0 spiro atoms. The van der Waals surface area contributed by atoms with Gasteiger partial charge in [-0.25, -0.2) is 0 Å². The van der Waals surface area contributed by atoms with Gasteiger partial charge in [-0.05, 0) is 40.1 Å². The fourth-order valence-corrected chi connectivity index (χ4v) is 3.21. The van der Waals surface area contributed by atoms with Gasteiger partial charge >= 0.3 is 5.82 Å². The molecular formula is C16H21N5O3. The van der Waals surface area contributed by atoms with Crippen molar-refractivity contribution in [3.8, 4) is 5.69 Å². The zero-order valence-electron chi connectivity index (χ0n) is 13.7. The zero-order valence-corrected chi connectivity index (χ0v) is 13.7. The topological polar surface area (TPSA) is 98.5 Å². The fraction of sp³-hybridized carbons (Fsp3) is 0.500. The summed E-state index contributed by atoms with van der Waals surface area (Å²) in [7, 11) is 0.